The summed E-state index contributed by atoms with van der Waals surface area (Å²) >= 11 is 0. The lowest BCUT2D eigenvalue weighted by molar-refractivity contribution is 0.0981. The van der Waals surface area contributed by atoms with Crippen LogP contribution in [-0.4, -0.2) is 24.5 Å². The maximum Gasteiger partial charge on any atom is 0.244 e. The van der Waals surface area contributed by atoms with Gasteiger partial charge < -0.3 is 0 Å². The minimum Gasteiger partial charge on any atom is -0.292 e. The molecule has 0 aromatic heterocycles. The van der Waals surface area contributed by atoms with Gasteiger partial charge in [-0.3, -0.25) is 4.79 Å². The molecule has 5 heteroatoms. The van der Waals surface area contributed by atoms with Crippen LogP contribution in [0.25, 0.3) is 0 Å². The lowest BCUT2D eigenvalue weighted by atomic mass is 10.0. The van der Waals surface area contributed by atoms with Gasteiger partial charge in [0.25, 0.3) is 0 Å². The number of sulfonamides is 1. The summed E-state index contributed by atoms with van der Waals surface area (Å²) in [5.74, 6) is -0.176. The maximum atomic E-state index is 13.3. The first kappa shape index (κ1) is 18.6. The molecule has 0 N–H and O–H groups in total. The highest BCUT2D eigenvalue weighted by molar-refractivity contribution is 7.89. The van der Waals surface area contributed by atoms with E-state index in [2.05, 4.69) is 0 Å². The first-order chi connectivity index (χ1) is 13.4. The molecule has 1 fully saturated rings. The predicted molar refractivity (Wildman–Crippen MR) is 109 cm³/mol. The molecule has 3 aromatic rings. The summed E-state index contributed by atoms with van der Waals surface area (Å²) in [6.45, 7) is 3.86. The van der Waals surface area contributed by atoms with Gasteiger partial charge in [0.05, 0.1) is 10.9 Å². The summed E-state index contributed by atoms with van der Waals surface area (Å²) in [4.78, 5) is 13.3. The van der Waals surface area contributed by atoms with Crippen molar-refractivity contribution >= 4 is 15.8 Å². The average molecular weight is 391 g/mol. The smallest absolute Gasteiger partial charge is 0.244 e. The fourth-order valence-corrected chi connectivity index (χ4v) is 5.18. The zero-order chi connectivity index (χ0) is 19.9. The Morgan fingerprint density at radius 2 is 1.32 bits per heavy atom. The Hall–Kier alpha value is -2.76. The second kappa shape index (κ2) is 7.00. The number of hydrogen-bond acceptors (Lipinski definition) is 3. The predicted octanol–water partition coefficient (Wildman–Crippen LogP) is 4.30. The van der Waals surface area contributed by atoms with Crippen LogP contribution in [0.4, 0.5) is 0 Å². The molecular formula is C23H21NO3S. The Balaban J connectivity index is 1.74. The van der Waals surface area contributed by atoms with Crippen LogP contribution in [0.2, 0.25) is 0 Å². The largest absolute Gasteiger partial charge is 0.292 e. The first-order valence-corrected chi connectivity index (χ1v) is 10.6. The van der Waals surface area contributed by atoms with E-state index in [1.54, 1.807) is 36.4 Å². The number of carbonyl (C=O) groups excluding carboxylic acids is 1. The molecule has 4 rings (SSSR count). The van der Waals surface area contributed by atoms with Crippen LogP contribution in [0, 0.1) is 13.8 Å². The molecule has 1 aliphatic heterocycles. The number of Topliss-reactive ketones (excluding diaryl/α,β-unsaturated/α-hetero) is 1. The maximum absolute atomic E-state index is 13.3. The molecule has 1 saturated heterocycles. The molecule has 0 spiro atoms. The number of hydrogen-bond donors (Lipinski definition) is 0. The van der Waals surface area contributed by atoms with Crippen molar-refractivity contribution < 1.29 is 13.2 Å². The van der Waals surface area contributed by atoms with Crippen LogP contribution in [0.3, 0.4) is 0 Å². The molecule has 3 aromatic carbocycles. The van der Waals surface area contributed by atoms with Gasteiger partial charge in [-0.25, -0.2) is 8.42 Å². The lowest BCUT2D eigenvalue weighted by Crippen LogP contribution is -2.19. The molecule has 1 unspecified atom stereocenters. The van der Waals surface area contributed by atoms with Gasteiger partial charge in [-0.05, 0) is 31.5 Å². The van der Waals surface area contributed by atoms with Gasteiger partial charge in [0.1, 0.15) is 6.04 Å². The van der Waals surface area contributed by atoms with E-state index in [0.29, 0.717) is 5.56 Å². The van der Waals surface area contributed by atoms with Crippen LogP contribution < -0.4 is 0 Å². The third kappa shape index (κ3) is 3.28. The van der Waals surface area contributed by atoms with Crippen molar-refractivity contribution in [3.05, 3.63) is 101 Å². The number of nitrogens with zero attached hydrogens (tertiary/aromatic N) is 1. The van der Waals surface area contributed by atoms with E-state index in [-0.39, 0.29) is 10.7 Å². The number of carbonyl (C=O) groups is 1. The molecule has 0 saturated carbocycles. The first-order valence-electron chi connectivity index (χ1n) is 9.15. The Morgan fingerprint density at radius 3 is 1.89 bits per heavy atom. The summed E-state index contributed by atoms with van der Waals surface area (Å²) in [6, 6.07) is 22.1. The number of benzene rings is 3. The van der Waals surface area contributed by atoms with Gasteiger partial charge in [0.2, 0.25) is 10.0 Å². The third-order valence-electron chi connectivity index (χ3n) is 5.10. The lowest BCUT2D eigenvalue weighted by Gasteiger charge is -2.07. The van der Waals surface area contributed by atoms with Gasteiger partial charge in [0.15, 0.2) is 5.78 Å². The van der Waals surface area contributed by atoms with Crippen LogP contribution in [0.5, 0.6) is 0 Å². The van der Waals surface area contributed by atoms with Crippen LogP contribution in [0.15, 0.2) is 83.8 Å². The van der Waals surface area contributed by atoms with Crippen molar-refractivity contribution in [2.75, 3.05) is 0 Å². The van der Waals surface area contributed by atoms with Gasteiger partial charge in [-0.15, -0.1) is 0 Å². The van der Waals surface area contributed by atoms with E-state index in [9.17, 15) is 13.2 Å². The number of rotatable bonds is 5. The van der Waals surface area contributed by atoms with Gasteiger partial charge in [-0.1, -0.05) is 77.9 Å². The summed E-state index contributed by atoms with van der Waals surface area (Å²) < 4.78 is 27.9. The molecule has 142 valence electrons. The van der Waals surface area contributed by atoms with E-state index >= 15 is 0 Å². The molecule has 3 atom stereocenters. The highest BCUT2D eigenvalue weighted by Crippen LogP contribution is 2.49. The van der Waals surface area contributed by atoms with Crippen LogP contribution in [0.1, 0.15) is 33.1 Å². The Labute approximate surface area is 165 Å². The molecule has 28 heavy (non-hydrogen) atoms. The van der Waals surface area contributed by atoms with Crippen molar-refractivity contribution in [3.8, 4) is 0 Å². The second-order valence-electron chi connectivity index (χ2n) is 7.18. The van der Waals surface area contributed by atoms with E-state index in [1.807, 2.05) is 56.3 Å². The third-order valence-corrected chi connectivity index (χ3v) is 6.98. The highest BCUT2D eigenvalue weighted by Gasteiger charge is 2.60. The Kier molecular flexibility index (Phi) is 4.65. The Morgan fingerprint density at radius 1 is 0.786 bits per heavy atom. The van der Waals surface area contributed by atoms with Gasteiger partial charge >= 0.3 is 0 Å². The van der Waals surface area contributed by atoms with Crippen molar-refractivity contribution in [1.82, 2.24) is 4.31 Å². The molecule has 0 aliphatic carbocycles. The molecule has 1 heterocycles. The van der Waals surface area contributed by atoms with Crippen molar-refractivity contribution in [3.63, 3.8) is 0 Å². The average Bonchev–Trinajstić information content (AvgIpc) is 3.46. The van der Waals surface area contributed by atoms with Crippen molar-refractivity contribution in [1.29, 1.82) is 0 Å². The zero-order valence-corrected chi connectivity index (χ0v) is 16.6. The molecule has 1 aliphatic rings. The van der Waals surface area contributed by atoms with E-state index in [0.717, 1.165) is 16.7 Å². The minimum absolute atomic E-state index is 0.176. The fourth-order valence-electron chi connectivity index (χ4n) is 3.47. The summed E-state index contributed by atoms with van der Waals surface area (Å²) in [7, 11) is -3.78. The van der Waals surface area contributed by atoms with E-state index < -0.39 is 22.1 Å². The van der Waals surface area contributed by atoms with Crippen molar-refractivity contribution in [2.45, 2.75) is 30.8 Å². The molecule has 4 nitrogen and oxygen atoms in total. The normalized spacial score (nSPS) is 21.3. The van der Waals surface area contributed by atoms with Gasteiger partial charge in [-0.2, -0.15) is 4.31 Å². The summed E-state index contributed by atoms with van der Waals surface area (Å²) in [6.07, 6.45) is 0. The van der Waals surface area contributed by atoms with E-state index in [1.165, 1.54) is 4.31 Å². The second-order valence-corrected chi connectivity index (χ2v) is 9.02. The zero-order valence-electron chi connectivity index (χ0n) is 15.7. The molecule has 0 radical (unpaired) electrons. The summed E-state index contributed by atoms with van der Waals surface area (Å²) in [5.41, 5.74) is 3.38. The van der Waals surface area contributed by atoms with Crippen LogP contribution >= 0.6 is 0 Å². The number of aryl methyl sites for hydroxylation is 2. The van der Waals surface area contributed by atoms with Crippen LogP contribution in [-0.2, 0) is 10.0 Å². The van der Waals surface area contributed by atoms with Crippen molar-refractivity contribution in [2.24, 2.45) is 0 Å². The topological polar surface area (TPSA) is 54.2 Å². The molecule has 0 amide bonds. The molecule has 0 bridgehead atoms. The van der Waals surface area contributed by atoms with Gasteiger partial charge in [0, 0.05) is 5.56 Å². The fraction of sp³-hybridized carbons (Fsp3) is 0.174. The Bertz CT molecular complexity index is 1100. The summed E-state index contributed by atoms with van der Waals surface area (Å²) in [5, 5.41) is 0. The standard InChI is InChI=1S/C23H21NO3S/c1-16-8-12-19(13-9-16)23(25)22-21(18-6-4-3-5-7-18)24(22)28(26,27)20-14-10-17(2)11-15-20/h3-15,21-22H,1-2H3/t21-,22+,24?/m1/s1. The number of ketones is 1. The minimum atomic E-state index is -3.78. The quantitative estimate of drug-likeness (QED) is 0.481. The SMILES string of the molecule is Cc1ccc(C(=O)[C@@H]2[C@@H](c3ccccc3)N2S(=O)(=O)c2ccc(C)cc2)cc1. The molecular weight excluding hydrogens is 370 g/mol. The van der Waals surface area contributed by atoms with E-state index in [4.69, 9.17) is 0 Å². The highest BCUT2D eigenvalue weighted by atomic mass is 32.2. The monoisotopic (exact) mass is 391 g/mol.